The molecule has 1 fully saturated rings. The Kier molecular flexibility index (Phi) is 6.37. The Balaban J connectivity index is 1.54. The minimum absolute atomic E-state index is 0.224. The van der Waals surface area contributed by atoms with Gasteiger partial charge in [-0.25, -0.2) is 23.8 Å². The number of ether oxygens (including phenoxy) is 3. The zero-order chi connectivity index (χ0) is 22.5. The summed E-state index contributed by atoms with van der Waals surface area (Å²) in [5.41, 5.74) is -0.197. The van der Waals surface area contributed by atoms with E-state index in [0.29, 0.717) is 5.56 Å². The Morgan fingerprint density at radius 2 is 1.59 bits per heavy atom. The highest BCUT2D eigenvalue weighted by Gasteiger charge is 2.49. The molecule has 1 aliphatic rings. The van der Waals surface area contributed by atoms with Gasteiger partial charge in [0.1, 0.15) is 12.7 Å². The van der Waals surface area contributed by atoms with E-state index in [1.54, 1.807) is 48.5 Å². The third kappa shape index (κ3) is 4.57. The van der Waals surface area contributed by atoms with E-state index >= 15 is 4.39 Å². The van der Waals surface area contributed by atoms with E-state index in [1.165, 1.54) is 30.6 Å². The van der Waals surface area contributed by atoms with Crippen LogP contribution in [0.3, 0.4) is 0 Å². The van der Waals surface area contributed by atoms with Gasteiger partial charge in [0.05, 0.1) is 11.1 Å². The van der Waals surface area contributed by atoms with E-state index in [-0.39, 0.29) is 12.2 Å². The number of hydrogen-bond acceptors (Lipinski definition) is 7. The SMILES string of the molecule is O=C(OC[C@H]1O[C@@H](n2cccnc2=O)[C@H](F)C1OC(=O)c1ccccc1)c1ccccc1. The van der Waals surface area contributed by atoms with Crippen LogP contribution in [-0.4, -0.2) is 46.5 Å². The average Bonchev–Trinajstić information content (AvgIpc) is 3.13. The summed E-state index contributed by atoms with van der Waals surface area (Å²) < 4.78 is 32.6. The summed E-state index contributed by atoms with van der Waals surface area (Å²) in [5, 5.41) is 0. The molecule has 0 spiro atoms. The molecule has 4 rings (SSSR count). The van der Waals surface area contributed by atoms with Gasteiger partial charge in [-0.2, -0.15) is 0 Å². The normalized spacial score (nSPS) is 22.3. The van der Waals surface area contributed by atoms with Crippen molar-refractivity contribution < 1.29 is 28.2 Å². The van der Waals surface area contributed by atoms with E-state index in [9.17, 15) is 14.4 Å². The third-order valence-electron chi connectivity index (χ3n) is 4.92. The Bertz CT molecular complexity index is 1140. The van der Waals surface area contributed by atoms with Crippen molar-refractivity contribution in [3.63, 3.8) is 0 Å². The van der Waals surface area contributed by atoms with Crippen molar-refractivity contribution in [1.82, 2.24) is 9.55 Å². The molecular weight excluding hydrogens is 419 g/mol. The number of benzene rings is 2. The van der Waals surface area contributed by atoms with Crippen LogP contribution in [-0.2, 0) is 14.2 Å². The molecule has 164 valence electrons. The molecule has 0 bridgehead atoms. The summed E-state index contributed by atoms with van der Waals surface area (Å²) in [6, 6.07) is 17.8. The van der Waals surface area contributed by atoms with Crippen LogP contribution >= 0.6 is 0 Å². The van der Waals surface area contributed by atoms with Crippen LogP contribution < -0.4 is 5.69 Å². The summed E-state index contributed by atoms with van der Waals surface area (Å²) in [6.45, 7) is -0.383. The Hall–Kier alpha value is -3.85. The van der Waals surface area contributed by atoms with E-state index in [1.807, 2.05) is 0 Å². The van der Waals surface area contributed by atoms with Gasteiger partial charge in [-0.3, -0.25) is 4.57 Å². The largest absolute Gasteiger partial charge is 0.459 e. The molecule has 2 heterocycles. The van der Waals surface area contributed by atoms with E-state index in [0.717, 1.165) is 4.57 Å². The number of rotatable bonds is 6. The number of esters is 2. The average molecular weight is 438 g/mol. The van der Waals surface area contributed by atoms with Crippen LogP contribution in [0.25, 0.3) is 0 Å². The van der Waals surface area contributed by atoms with Gasteiger partial charge in [0.15, 0.2) is 18.5 Å². The molecule has 0 aliphatic carbocycles. The molecule has 1 saturated heterocycles. The van der Waals surface area contributed by atoms with Crippen molar-refractivity contribution in [2.45, 2.75) is 24.6 Å². The lowest BCUT2D eigenvalue weighted by Gasteiger charge is -2.19. The smallest absolute Gasteiger partial charge is 0.349 e. The maximum atomic E-state index is 15.4. The van der Waals surface area contributed by atoms with E-state index < -0.39 is 42.2 Å². The van der Waals surface area contributed by atoms with E-state index in [4.69, 9.17) is 14.2 Å². The fourth-order valence-electron chi connectivity index (χ4n) is 3.34. The van der Waals surface area contributed by atoms with Crippen molar-refractivity contribution >= 4 is 11.9 Å². The van der Waals surface area contributed by atoms with Gasteiger partial charge in [-0.05, 0) is 30.3 Å². The van der Waals surface area contributed by atoms with Gasteiger partial charge in [-0.15, -0.1) is 0 Å². The molecule has 9 heteroatoms. The van der Waals surface area contributed by atoms with Gasteiger partial charge in [-0.1, -0.05) is 36.4 Å². The summed E-state index contributed by atoms with van der Waals surface area (Å²) in [4.78, 5) is 40.5. The standard InChI is InChI=1S/C23H19FN2O6/c24-18-19(32-22(28)16-10-5-2-6-11-16)17(14-30-21(27)15-8-3-1-4-9-15)31-20(18)26-13-7-12-25-23(26)29/h1-13,17-20H,14H2/t17-,18-,19?,20-/m1/s1. The van der Waals surface area contributed by atoms with E-state index in [2.05, 4.69) is 4.98 Å². The molecule has 3 aromatic rings. The minimum Gasteiger partial charge on any atom is -0.459 e. The number of nitrogens with zero attached hydrogens (tertiary/aromatic N) is 2. The first-order valence-electron chi connectivity index (χ1n) is 9.85. The summed E-state index contributed by atoms with van der Waals surface area (Å²) in [6.07, 6.45) is -3.25. The highest BCUT2D eigenvalue weighted by Crippen LogP contribution is 2.34. The second-order valence-corrected chi connectivity index (χ2v) is 7.02. The lowest BCUT2D eigenvalue weighted by molar-refractivity contribution is -0.0592. The van der Waals surface area contributed by atoms with Crippen LogP contribution in [0, 0.1) is 0 Å². The number of halogens is 1. The molecule has 32 heavy (non-hydrogen) atoms. The van der Waals surface area contributed by atoms with Crippen molar-refractivity contribution in [2.24, 2.45) is 0 Å². The predicted octanol–water partition coefficient (Wildman–Crippen LogP) is 2.56. The topological polar surface area (TPSA) is 96.7 Å². The lowest BCUT2D eigenvalue weighted by atomic mass is 10.1. The van der Waals surface area contributed by atoms with Gasteiger partial charge in [0.2, 0.25) is 0 Å². The molecule has 0 amide bonds. The number of carbonyl (C=O) groups is 2. The predicted molar refractivity (Wildman–Crippen MR) is 110 cm³/mol. The number of aromatic nitrogens is 2. The van der Waals surface area contributed by atoms with Crippen LogP contribution in [0.1, 0.15) is 26.9 Å². The Labute approximate surface area is 182 Å². The van der Waals surface area contributed by atoms with Crippen LogP contribution in [0.2, 0.25) is 0 Å². The molecular formula is C23H19FN2O6. The van der Waals surface area contributed by atoms with Crippen molar-refractivity contribution in [3.8, 4) is 0 Å². The first-order valence-corrected chi connectivity index (χ1v) is 9.85. The molecule has 0 radical (unpaired) electrons. The van der Waals surface area contributed by atoms with Crippen LogP contribution in [0.5, 0.6) is 0 Å². The molecule has 1 aromatic heterocycles. The molecule has 0 N–H and O–H groups in total. The van der Waals surface area contributed by atoms with Crippen molar-refractivity contribution in [1.29, 1.82) is 0 Å². The molecule has 1 unspecified atom stereocenters. The second-order valence-electron chi connectivity index (χ2n) is 7.02. The second kappa shape index (κ2) is 9.52. The minimum atomic E-state index is -1.90. The first kappa shape index (κ1) is 21.4. The molecule has 1 aliphatic heterocycles. The third-order valence-corrected chi connectivity index (χ3v) is 4.92. The highest BCUT2D eigenvalue weighted by atomic mass is 19.1. The van der Waals surface area contributed by atoms with Gasteiger partial charge < -0.3 is 14.2 Å². The zero-order valence-electron chi connectivity index (χ0n) is 16.7. The first-order chi connectivity index (χ1) is 15.5. The van der Waals surface area contributed by atoms with Gasteiger partial charge >= 0.3 is 17.6 Å². The van der Waals surface area contributed by atoms with Gasteiger partial charge in [0.25, 0.3) is 0 Å². The van der Waals surface area contributed by atoms with Crippen molar-refractivity contribution in [2.75, 3.05) is 6.61 Å². The molecule has 2 aromatic carbocycles. The fourth-order valence-corrected chi connectivity index (χ4v) is 3.34. The number of alkyl halides is 1. The summed E-state index contributed by atoms with van der Waals surface area (Å²) in [7, 11) is 0. The molecule has 8 nitrogen and oxygen atoms in total. The quantitative estimate of drug-likeness (QED) is 0.546. The zero-order valence-corrected chi connectivity index (χ0v) is 16.7. The fraction of sp³-hybridized carbons (Fsp3) is 0.217. The Morgan fingerprint density at radius 1 is 0.969 bits per heavy atom. The summed E-state index contributed by atoms with van der Waals surface area (Å²) >= 11 is 0. The van der Waals surface area contributed by atoms with Crippen molar-refractivity contribution in [3.05, 3.63) is 101 Å². The maximum Gasteiger partial charge on any atom is 0.349 e. The van der Waals surface area contributed by atoms with Gasteiger partial charge in [0, 0.05) is 12.4 Å². The number of hydrogen-bond donors (Lipinski definition) is 0. The highest BCUT2D eigenvalue weighted by molar-refractivity contribution is 5.90. The lowest BCUT2D eigenvalue weighted by Crippen LogP contribution is -2.37. The maximum absolute atomic E-state index is 15.4. The molecule has 0 saturated carbocycles. The van der Waals surface area contributed by atoms with Crippen LogP contribution in [0.4, 0.5) is 4.39 Å². The Morgan fingerprint density at radius 3 is 2.22 bits per heavy atom. The summed E-state index contributed by atoms with van der Waals surface area (Å²) in [5.74, 6) is -1.40. The molecule has 4 atom stereocenters. The van der Waals surface area contributed by atoms with Crippen LogP contribution in [0.15, 0.2) is 83.9 Å². The number of carbonyl (C=O) groups excluding carboxylic acids is 2. The monoisotopic (exact) mass is 438 g/mol.